The van der Waals surface area contributed by atoms with Crippen LogP contribution in [0.15, 0.2) is 18.2 Å². The molecule has 1 aliphatic carbocycles. The molecule has 2 nitrogen and oxygen atoms in total. The van der Waals surface area contributed by atoms with E-state index < -0.39 is 0 Å². The van der Waals surface area contributed by atoms with Crippen LogP contribution in [0.4, 0.5) is 11.4 Å². The molecule has 1 aromatic carbocycles. The van der Waals surface area contributed by atoms with Gasteiger partial charge in [-0.05, 0) is 65.5 Å². The van der Waals surface area contributed by atoms with Crippen molar-refractivity contribution in [1.82, 2.24) is 0 Å². The van der Waals surface area contributed by atoms with E-state index in [1.165, 1.54) is 34.9 Å². The van der Waals surface area contributed by atoms with E-state index >= 15 is 0 Å². The summed E-state index contributed by atoms with van der Waals surface area (Å²) in [6.45, 7) is 3.38. The Bertz CT molecular complexity index is 372. The van der Waals surface area contributed by atoms with Crippen molar-refractivity contribution in [3.8, 4) is 0 Å². The predicted molar refractivity (Wildman–Crippen MR) is 78.6 cm³/mol. The summed E-state index contributed by atoms with van der Waals surface area (Å²) in [5, 5.41) is 3.56. The molecule has 0 heterocycles. The first-order valence-electron chi connectivity index (χ1n) is 5.94. The van der Waals surface area contributed by atoms with Crippen molar-refractivity contribution in [2.45, 2.75) is 32.6 Å². The Morgan fingerprint density at radius 1 is 1.44 bits per heavy atom. The van der Waals surface area contributed by atoms with Gasteiger partial charge in [-0.3, -0.25) is 0 Å². The zero-order valence-electron chi connectivity index (χ0n) is 9.72. The minimum atomic E-state index is 0.596. The topological polar surface area (TPSA) is 38.0 Å². The number of benzene rings is 1. The lowest BCUT2D eigenvalue weighted by Crippen LogP contribution is -2.15. The van der Waals surface area contributed by atoms with Gasteiger partial charge >= 0.3 is 0 Å². The van der Waals surface area contributed by atoms with Crippen molar-refractivity contribution < 1.29 is 0 Å². The van der Waals surface area contributed by atoms with Gasteiger partial charge in [0.25, 0.3) is 0 Å². The molecule has 2 rings (SSSR count). The van der Waals surface area contributed by atoms with Crippen molar-refractivity contribution in [3.63, 3.8) is 0 Å². The Labute approximate surface area is 111 Å². The highest BCUT2D eigenvalue weighted by atomic mass is 127. The van der Waals surface area contributed by atoms with E-state index in [9.17, 15) is 0 Å². The minimum Gasteiger partial charge on any atom is -0.399 e. The number of rotatable bonds is 5. The fourth-order valence-corrected chi connectivity index (χ4v) is 2.91. The van der Waals surface area contributed by atoms with Crippen molar-refractivity contribution in [1.29, 1.82) is 0 Å². The molecule has 0 unspecified atom stereocenters. The summed E-state index contributed by atoms with van der Waals surface area (Å²) >= 11 is 2.34. The Morgan fingerprint density at radius 3 is 2.75 bits per heavy atom. The lowest BCUT2D eigenvalue weighted by atomic mass is 10.0. The number of nitrogen functional groups attached to an aromatic ring is 1. The molecule has 1 aromatic rings. The second-order valence-corrected chi connectivity index (χ2v) is 6.01. The first-order valence-corrected chi connectivity index (χ1v) is 7.02. The van der Waals surface area contributed by atoms with Gasteiger partial charge in [-0.25, -0.2) is 0 Å². The number of nitrogens with one attached hydrogen (secondary N) is 1. The maximum atomic E-state index is 5.74. The van der Waals surface area contributed by atoms with E-state index in [1.54, 1.807) is 0 Å². The minimum absolute atomic E-state index is 0.596. The second-order valence-electron chi connectivity index (χ2n) is 4.84. The van der Waals surface area contributed by atoms with Crippen molar-refractivity contribution >= 4 is 34.0 Å². The van der Waals surface area contributed by atoms with Gasteiger partial charge in [0.1, 0.15) is 0 Å². The van der Waals surface area contributed by atoms with Crippen molar-refractivity contribution in [3.05, 3.63) is 21.8 Å². The number of anilines is 2. The number of nitrogens with two attached hydrogens (primary N) is 1. The van der Waals surface area contributed by atoms with Crippen LogP contribution in [0.3, 0.4) is 0 Å². The SMILES string of the molecule is CCCC1(CNc2ccc(N)cc2I)CC1. The standard InChI is InChI=1S/C13H19IN2/c1-2-5-13(6-7-13)9-16-12-4-3-10(15)8-11(12)14/h3-4,8,16H,2,5-7,9,15H2,1H3. The largest absolute Gasteiger partial charge is 0.399 e. The molecule has 0 amide bonds. The molecule has 0 radical (unpaired) electrons. The summed E-state index contributed by atoms with van der Waals surface area (Å²) in [7, 11) is 0. The van der Waals surface area contributed by atoms with Crippen LogP contribution >= 0.6 is 22.6 Å². The van der Waals surface area contributed by atoms with Crippen molar-refractivity contribution in [2.24, 2.45) is 5.41 Å². The van der Waals surface area contributed by atoms with E-state index in [2.05, 4.69) is 40.9 Å². The van der Waals surface area contributed by atoms with Crippen molar-refractivity contribution in [2.75, 3.05) is 17.6 Å². The fraction of sp³-hybridized carbons (Fsp3) is 0.538. The predicted octanol–water partition coefficient (Wildman–Crippen LogP) is 3.87. The highest BCUT2D eigenvalue weighted by molar-refractivity contribution is 14.1. The molecule has 0 aliphatic heterocycles. The van der Waals surface area contributed by atoms with Crippen LogP contribution in [0.1, 0.15) is 32.6 Å². The molecule has 0 bridgehead atoms. The van der Waals surface area contributed by atoms with Gasteiger partial charge < -0.3 is 11.1 Å². The fourth-order valence-electron chi connectivity index (χ4n) is 2.18. The average Bonchev–Trinajstić information content (AvgIpc) is 2.98. The Kier molecular flexibility index (Phi) is 3.62. The summed E-state index contributed by atoms with van der Waals surface area (Å²) in [5.41, 5.74) is 8.39. The molecular weight excluding hydrogens is 311 g/mol. The third-order valence-electron chi connectivity index (χ3n) is 3.38. The van der Waals surface area contributed by atoms with Gasteiger partial charge in [0.05, 0.1) is 0 Å². The van der Waals surface area contributed by atoms with Gasteiger partial charge in [0, 0.05) is 21.5 Å². The summed E-state index contributed by atoms with van der Waals surface area (Å²) in [6, 6.07) is 6.06. The van der Waals surface area contributed by atoms with E-state index in [-0.39, 0.29) is 0 Å². The highest BCUT2D eigenvalue weighted by Crippen LogP contribution is 2.49. The summed E-state index contributed by atoms with van der Waals surface area (Å²) in [4.78, 5) is 0. The maximum Gasteiger partial charge on any atom is 0.0477 e. The molecule has 0 spiro atoms. The molecule has 1 fully saturated rings. The lowest BCUT2D eigenvalue weighted by Gasteiger charge is -2.16. The van der Waals surface area contributed by atoms with Crippen LogP contribution in [0.2, 0.25) is 0 Å². The van der Waals surface area contributed by atoms with Crippen LogP contribution in [0.25, 0.3) is 0 Å². The molecule has 0 saturated heterocycles. The molecule has 1 saturated carbocycles. The van der Waals surface area contributed by atoms with E-state index in [4.69, 9.17) is 5.73 Å². The quantitative estimate of drug-likeness (QED) is 0.635. The molecule has 3 heteroatoms. The van der Waals surface area contributed by atoms with Gasteiger partial charge in [0.15, 0.2) is 0 Å². The van der Waals surface area contributed by atoms with Gasteiger partial charge in [-0.2, -0.15) is 0 Å². The van der Waals surface area contributed by atoms with E-state index in [1.807, 2.05) is 12.1 Å². The number of hydrogen-bond acceptors (Lipinski definition) is 2. The monoisotopic (exact) mass is 330 g/mol. The van der Waals surface area contributed by atoms with Gasteiger partial charge in [-0.1, -0.05) is 13.3 Å². The number of halogens is 1. The van der Waals surface area contributed by atoms with Crippen LogP contribution in [0, 0.1) is 8.99 Å². The van der Waals surface area contributed by atoms with Gasteiger partial charge in [-0.15, -0.1) is 0 Å². The Morgan fingerprint density at radius 2 is 2.19 bits per heavy atom. The first-order chi connectivity index (χ1) is 7.65. The maximum absolute atomic E-state index is 5.74. The molecule has 1 aliphatic rings. The summed E-state index contributed by atoms with van der Waals surface area (Å²) in [6.07, 6.45) is 5.42. The van der Waals surface area contributed by atoms with Crippen LogP contribution in [-0.2, 0) is 0 Å². The normalized spacial score (nSPS) is 17.1. The van der Waals surface area contributed by atoms with Crippen LogP contribution in [0.5, 0.6) is 0 Å². The summed E-state index contributed by atoms with van der Waals surface area (Å²) < 4.78 is 1.21. The van der Waals surface area contributed by atoms with Crippen LogP contribution in [-0.4, -0.2) is 6.54 Å². The zero-order chi connectivity index (χ0) is 11.6. The second kappa shape index (κ2) is 4.82. The molecule has 0 aromatic heterocycles. The molecular formula is C13H19IN2. The third kappa shape index (κ3) is 2.81. The molecule has 0 atom stereocenters. The third-order valence-corrected chi connectivity index (χ3v) is 4.28. The van der Waals surface area contributed by atoms with E-state index in [0.717, 1.165) is 12.2 Å². The Hall–Kier alpha value is -0.450. The zero-order valence-corrected chi connectivity index (χ0v) is 11.9. The van der Waals surface area contributed by atoms with E-state index in [0.29, 0.717) is 5.41 Å². The average molecular weight is 330 g/mol. The highest BCUT2D eigenvalue weighted by Gasteiger charge is 2.41. The van der Waals surface area contributed by atoms with Crippen LogP contribution < -0.4 is 11.1 Å². The summed E-state index contributed by atoms with van der Waals surface area (Å²) in [5.74, 6) is 0. The molecule has 88 valence electrons. The first kappa shape index (κ1) is 12.0. The lowest BCUT2D eigenvalue weighted by molar-refractivity contribution is 0.485. The smallest absolute Gasteiger partial charge is 0.0477 e. The molecule has 16 heavy (non-hydrogen) atoms. The molecule has 3 N–H and O–H groups in total. The Balaban J connectivity index is 1.94. The number of hydrogen-bond donors (Lipinski definition) is 2. The van der Waals surface area contributed by atoms with Gasteiger partial charge in [0.2, 0.25) is 0 Å².